The Morgan fingerprint density at radius 3 is 2.59 bits per heavy atom. The highest BCUT2D eigenvalue weighted by Gasteiger charge is 2.20. The molecule has 4 nitrogen and oxygen atoms in total. The van der Waals surface area contributed by atoms with E-state index in [4.69, 9.17) is 9.47 Å². The summed E-state index contributed by atoms with van der Waals surface area (Å²) in [6.45, 7) is 1.89. The lowest BCUT2D eigenvalue weighted by molar-refractivity contribution is 0.0939. The van der Waals surface area contributed by atoms with Crippen LogP contribution < -0.4 is 14.8 Å². The van der Waals surface area contributed by atoms with Gasteiger partial charge in [0.25, 0.3) is 5.91 Å². The topological polar surface area (TPSA) is 47.6 Å². The second kappa shape index (κ2) is 8.74. The van der Waals surface area contributed by atoms with Crippen LogP contribution in [0, 0.1) is 5.82 Å². The smallest absolute Gasteiger partial charge is 0.252 e. The number of nitrogens with one attached hydrogen (secondary N) is 1. The molecule has 1 amide bonds. The zero-order valence-corrected chi connectivity index (χ0v) is 17.0. The molecular weight excluding hydrogens is 413 g/mol. The van der Waals surface area contributed by atoms with Crippen molar-refractivity contribution >= 4 is 21.8 Å². The first-order valence-corrected chi connectivity index (χ1v) is 9.87. The van der Waals surface area contributed by atoms with E-state index < -0.39 is 5.82 Å². The van der Waals surface area contributed by atoms with Crippen molar-refractivity contribution in [1.82, 2.24) is 5.32 Å². The summed E-state index contributed by atoms with van der Waals surface area (Å²) in [5.41, 5.74) is 1.29. The molecule has 1 saturated carbocycles. The van der Waals surface area contributed by atoms with E-state index in [9.17, 15) is 9.18 Å². The van der Waals surface area contributed by atoms with Crippen LogP contribution in [0.15, 0.2) is 40.9 Å². The Bertz CT molecular complexity index is 821. The third-order valence-corrected chi connectivity index (χ3v) is 5.46. The van der Waals surface area contributed by atoms with Crippen molar-refractivity contribution in [1.29, 1.82) is 0 Å². The van der Waals surface area contributed by atoms with Crippen molar-refractivity contribution in [3.8, 4) is 11.5 Å². The van der Waals surface area contributed by atoms with Crippen molar-refractivity contribution in [2.24, 2.45) is 0 Å². The van der Waals surface area contributed by atoms with Crippen LogP contribution in [0.4, 0.5) is 4.39 Å². The minimum absolute atomic E-state index is 0.246. The lowest BCUT2D eigenvalue weighted by atomic mass is 10.1. The van der Waals surface area contributed by atoms with Gasteiger partial charge in [-0.15, -0.1) is 0 Å². The number of hydrogen-bond donors (Lipinski definition) is 1. The fourth-order valence-corrected chi connectivity index (χ4v) is 3.80. The highest BCUT2D eigenvalue weighted by Crippen LogP contribution is 2.34. The molecule has 2 aromatic rings. The third kappa shape index (κ3) is 4.80. The van der Waals surface area contributed by atoms with Gasteiger partial charge in [0.2, 0.25) is 0 Å². The van der Waals surface area contributed by atoms with Gasteiger partial charge in [-0.1, -0.05) is 6.07 Å². The Morgan fingerprint density at radius 1 is 1.19 bits per heavy atom. The molecule has 1 N–H and O–H groups in total. The molecule has 2 aromatic carbocycles. The van der Waals surface area contributed by atoms with E-state index in [1.165, 1.54) is 31.0 Å². The van der Waals surface area contributed by atoms with E-state index in [2.05, 4.69) is 21.2 Å². The third-order valence-electron chi connectivity index (χ3n) is 4.81. The molecule has 27 heavy (non-hydrogen) atoms. The summed E-state index contributed by atoms with van der Waals surface area (Å²) < 4.78 is 25.2. The zero-order chi connectivity index (χ0) is 19.4. The molecule has 0 radical (unpaired) electrons. The van der Waals surface area contributed by atoms with E-state index in [-0.39, 0.29) is 18.1 Å². The number of ether oxygens (including phenoxy) is 2. The Hall–Kier alpha value is -2.08. The maximum absolute atomic E-state index is 13.2. The lowest BCUT2D eigenvalue weighted by Crippen LogP contribution is -2.27. The van der Waals surface area contributed by atoms with Crippen LogP contribution in [-0.2, 0) is 0 Å². The predicted octanol–water partition coefficient (Wildman–Crippen LogP) is 5.41. The van der Waals surface area contributed by atoms with Crippen LogP contribution in [-0.4, -0.2) is 19.1 Å². The van der Waals surface area contributed by atoms with Crippen LogP contribution in [0.2, 0.25) is 0 Å². The monoisotopic (exact) mass is 435 g/mol. The maximum atomic E-state index is 13.2. The summed E-state index contributed by atoms with van der Waals surface area (Å²) in [6, 6.07) is 9.46. The van der Waals surface area contributed by atoms with Crippen molar-refractivity contribution in [3.63, 3.8) is 0 Å². The molecule has 0 aliphatic heterocycles. The normalized spacial score (nSPS) is 15.4. The second-order valence-electron chi connectivity index (χ2n) is 6.75. The van der Waals surface area contributed by atoms with Crippen LogP contribution in [0.3, 0.4) is 0 Å². The summed E-state index contributed by atoms with van der Waals surface area (Å²) in [7, 11) is 1.61. The van der Waals surface area contributed by atoms with E-state index in [0.717, 1.165) is 24.2 Å². The summed E-state index contributed by atoms with van der Waals surface area (Å²) in [5, 5.41) is 2.93. The molecule has 144 valence electrons. The minimum atomic E-state index is -0.394. The fraction of sp³-hybridized carbons (Fsp3) is 0.381. The first-order valence-electron chi connectivity index (χ1n) is 9.08. The first kappa shape index (κ1) is 19.7. The van der Waals surface area contributed by atoms with Crippen LogP contribution in [0.5, 0.6) is 11.5 Å². The highest BCUT2D eigenvalue weighted by atomic mass is 79.9. The minimum Gasteiger partial charge on any atom is -0.493 e. The van der Waals surface area contributed by atoms with Crippen LogP contribution in [0.1, 0.15) is 54.6 Å². The molecule has 0 aromatic heterocycles. The van der Waals surface area contributed by atoms with Gasteiger partial charge in [-0.2, -0.15) is 0 Å². The van der Waals surface area contributed by atoms with E-state index >= 15 is 0 Å². The molecule has 0 heterocycles. The van der Waals surface area contributed by atoms with Gasteiger partial charge in [0, 0.05) is 4.47 Å². The summed E-state index contributed by atoms with van der Waals surface area (Å²) >= 11 is 3.23. The van der Waals surface area contributed by atoms with E-state index in [1.807, 2.05) is 25.1 Å². The van der Waals surface area contributed by atoms with Gasteiger partial charge in [-0.25, -0.2) is 4.39 Å². The standard InChI is InChI=1S/C21H23BrFNO3/c1-13(24-21(25)17-9-8-15(23)12-18(17)22)14-7-10-19(20(11-14)26-2)27-16-5-3-4-6-16/h7-13,16H,3-6H2,1-2H3,(H,24,25). The van der Waals surface area contributed by atoms with E-state index in [0.29, 0.717) is 15.8 Å². The number of carbonyl (C=O) groups is 1. The SMILES string of the molecule is COc1cc(C(C)NC(=O)c2ccc(F)cc2Br)ccc1OC1CCCC1. The van der Waals surface area contributed by atoms with Crippen molar-refractivity contribution < 1.29 is 18.7 Å². The zero-order valence-electron chi connectivity index (χ0n) is 15.4. The predicted molar refractivity (Wildman–Crippen MR) is 106 cm³/mol. The average molecular weight is 436 g/mol. The number of amides is 1. The van der Waals surface area contributed by atoms with Crippen molar-refractivity contribution in [2.45, 2.75) is 44.8 Å². The van der Waals surface area contributed by atoms with Crippen molar-refractivity contribution in [2.75, 3.05) is 7.11 Å². The second-order valence-corrected chi connectivity index (χ2v) is 7.61. The lowest BCUT2D eigenvalue weighted by Gasteiger charge is -2.19. The van der Waals surface area contributed by atoms with E-state index in [1.54, 1.807) is 7.11 Å². The summed E-state index contributed by atoms with van der Waals surface area (Å²) in [5.74, 6) is 0.713. The Kier molecular flexibility index (Phi) is 6.37. The largest absolute Gasteiger partial charge is 0.493 e. The Morgan fingerprint density at radius 2 is 1.93 bits per heavy atom. The number of benzene rings is 2. The molecule has 1 aliphatic rings. The number of rotatable bonds is 6. The summed E-state index contributed by atoms with van der Waals surface area (Å²) in [6.07, 6.45) is 4.80. The maximum Gasteiger partial charge on any atom is 0.252 e. The quantitative estimate of drug-likeness (QED) is 0.659. The molecular formula is C21H23BrFNO3. The summed E-state index contributed by atoms with van der Waals surface area (Å²) in [4.78, 5) is 12.5. The van der Waals surface area contributed by atoms with Crippen LogP contribution in [0.25, 0.3) is 0 Å². The van der Waals surface area contributed by atoms with Gasteiger partial charge in [-0.05, 0) is 84.4 Å². The molecule has 1 atom stereocenters. The first-order chi connectivity index (χ1) is 13.0. The van der Waals surface area contributed by atoms with Gasteiger partial charge in [-0.3, -0.25) is 4.79 Å². The Labute approximate surface area is 167 Å². The number of hydrogen-bond acceptors (Lipinski definition) is 3. The van der Waals surface area contributed by atoms with Gasteiger partial charge in [0.1, 0.15) is 5.82 Å². The van der Waals surface area contributed by atoms with Gasteiger partial charge in [0.05, 0.1) is 24.8 Å². The Balaban J connectivity index is 1.72. The highest BCUT2D eigenvalue weighted by molar-refractivity contribution is 9.10. The molecule has 1 aliphatic carbocycles. The van der Waals surface area contributed by atoms with Gasteiger partial charge >= 0.3 is 0 Å². The molecule has 0 spiro atoms. The molecule has 0 bridgehead atoms. The van der Waals surface area contributed by atoms with Gasteiger partial charge in [0.15, 0.2) is 11.5 Å². The number of carbonyl (C=O) groups excluding carboxylic acids is 1. The fourth-order valence-electron chi connectivity index (χ4n) is 3.27. The number of halogens is 2. The van der Waals surface area contributed by atoms with Crippen molar-refractivity contribution in [3.05, 3.63) is 57.8 Å². The molecule has 3 rings (SSSR count). The molecule has 0 saturated heterocycles. The molecule has 6 heteroatoms. The van der Waals surface area contributed by atoms with Gasteiger partial charge < -0.3 is 14.8 Å². The van der Waals surface area contributed by atoms with Crippen LogP contribution >= 0.6 is 15.9 Å². The number of methoxy groups -OCH3 is 1. The average Bonchev–Trinajstić information content (AvgIpc) is 3.14. The molecule has 1 unspecified atom stereocenters. The molecule has 1 fully saturated rings.